The van der Waals surface area contributed by atoms with Crippen LogP contribution >= 0.6 is 11.3 Å². The van der Waals surface area contributed by atoms with Crippen molar-refractivity contribution in [1.29, 1.82) is 5.26 Å². The van der Waals surface area contributed by atoms with Gasteiger partial charge in [-0.25, -0.2) is 0 Å². The molecule has 92 valence electrons. The van der Waals surface area contributed by atoms with Gasteiger partial charge in [-0.05, 0) is 12.8 Å². The Morgan fingerprint density at radius 1 is 1.53 bits per heavy atom. The van der Waals surface area contributed by atoms with E-state index in [-0.39, 0.29) is 16.6 Å². The fraction of sp³-hybridized carbons (Fsp3) is 0.455. The number of nitrogens with one attached hydrogen (secondary N) is 1. The van der Waals surface area contributed by atoms with Crippen molar-refractivity contribution in [1.82, 2.24) is 0 Å². The zero-order valence-corrected chi connectivity index (χ0v) is 10.7. The predicted octanol–water partition coefficient (Wildman–Crippen LogP) is 1.90. The first-order valence-corrected chi connectivity index (χ1v) is 6.25. The van der Waals surface area contributed by atoms with Crippen molar-refractivity contribution in [3.8, 4) is 6.07 Å². The van der Waals surface area contributed by atoms with E-state index in [0.29, 0.717) is 10.6 Å². The zero-order valence-electron chi connectivity index (χ0n) is 9.91. The number of nitriles is 1. The molecular weight excluding hydrogens is 236 g/mol. The molecule has 0 fully saturated rings. The summed E-state index contributed by atoms with van der Waals surface area (Å²) in [5.74, 6) is -0.596. The van der Waals surface area contributed by atoms with E-state index in [4.69, 9.17) is 16.7 Å². The molecule has 0 atom stereocenters. The van der Waals surface area contributed by atoms with Crippen LogP contribution in [0, 0.1) is 11.3 Å². The van der Waals surface area contributed by atoms with Gasteiger partial charge in [-0.2, -0.15) is 5.26 Å². The molecule has 5 nitrogen and oxygen atoms in total. The number of carbonyl (C=O) groups excluding carboxylic acids is 1. The molecule has 0 saturated heterocycles. The number of thiophene rings is 1. The van der Waals surface area contributed by atoms with Crippen LogP contribution in [0.4, 0.5) is 10.7 Å². The van der Waals surface area contributed by atoms with E-state index >= 15 is 0 Å². The average molecular weight is 252 g/mol. The highest BCUT2D eigenvalue weighted by Crippen LogP contribution is 2.35. The monoisotopic (exact) mass is 252 g/mol. The molecule has 0 bridgehead atoms. The lowest BCUT2D eigenvalue weighted by atomic mass is 10.1. The summed E-state index contributed by atoms with van der Waals surface area (Å²) in [6.45, 7) is 4.11. The number of nitrogens with two attached hydrogens (primary N) is 2. The van der Waals surface area contributed by atoms with Gasteiger partial charge in [0.2, 0.25) is 0 Å². The second-order valence-electron chi connectivity index (χ2n) is 3.68. The van der Waals surface area contributed by atoms with E-state index < -0.39 is 5.91 Å². The van der Waals surface area contributed by atoms with Crippen molar-refractivity contribution in [3.63, 3.8) is 0 Å². The normalized spacial score (nSPS) is 10.2. The summed E-state index contributed by atoms with van der Waals surface area (Å²) in [6.07, 6.45) is 1.87. The lowest BCUT2D eigenvalue weighted by Crippen LogP contribution is -2.16. The Hall–Kier alpha value is -1.74. The number of anilines is 2. The SMILES string of the molecule is CCC(CC)Nc1sc(C(N)=O)c(N)c1C#N. The van der Waals surface area contributed by atoms with E-state index in [9.17, 15) is 4.79 Å². The van der Waals surface area contributed by atoms with Crippen LogP contribution in [0.25, 0.3) is 0 Å². The van der Waals surface area contributed by atoms with E-state index in [1.807, 2.05) is 6.07 Å². The molecule has 17 heavy (non-hydrogen) atoms. The Bertz CT molecular complexity index is 457. The molecule has 0 aromatic carbocycles. The first kappa shape index (κ1) is 13.3. The highest BCUT2D eigenvalue weighted by Gasteiger charge is 2.20. The summed E-state index contributed by atoms with van der Waals surface area (Å²) >= 11 is 1.14. The minimum Gasteiger partial charge on any atom is -0.396 e. The molecule has 0 aliphatic rings. The molecule has 1 amide bonds. The van der Waals surface area contributed by atoms with Crippen LogP contribution < -0.4 is 16.8 Å². The zero-order chi connectivity index (χ0) is 13.0. The van der Waals surface area contributed by atoms with Gasteiger partial charge in [0, 0.05) is 6.04 Å². The van der Waals surface area contributed by atoms with Crippen LogP contribution in [0.15, 0.2) is 0 Å². The smallest absolute Gasteiger partial charge is 0.261 e. The quantitative estimate of drug-likeness (QED) is 0.744. The van der Waals surface area contributed by atoms with Crippen LogP contribution in [0.3, 0.4) is 0 Å². The number of rotatable bonds is 5. The highest BCUT2D eigenvalue weighted by atomic mass is 32.1. The minimum atomic E-state index is -0.596. The lowest BCUT2D eigenvalue weighted by molar-refractivity contribution is 0.100. The third kappa shape index (κ3) is 2.68. The summed E-state index contributed by atoms with van der Waals surface area (Å²) in [5, 5.41) is 12.9. The van der Waals surface area contributed by atoms with Crippen LogP contribution in [0.1, 0.15) is 41.9 Å². The van der Waals surface area contributed by atoms with Gasteiger partial charge in [0.1, 0.15) is 21.5 Å². The first-order valence-electron chi connectivity index (χ1n) is 5.43. The van der Waals surface area contributed by atoms with Crippen LogP contribution in [0.5, 0.6) is 0 Å². The van der Waals surface area contributed by atoms with Crippen molar-refractivity contribution in [2.45, 2.75) is 32.7 Å². The third-order valence-corrected chi connectivity index (χ3v) is 3.75. The molecule has 1 heterocycles. The average Bonchev–Trinajstić information content (AvgIpc) is 2.62. The van der Waals surface area contributed by atoms with E-state index in [2.05, 4.69) is 19.2 Å². The van der Waals surface area contributed by atoms with Crippen LogP contribution in [-0.4, -0.2) is 11.9 Å². The number of hydrogen-bond donors (Lipinski definition) is 3. The fourth-order valence-electron chi connectivity index (χ4n) is 1.52. The van der Waals surface area contributed by atoms with Gasteiger partial charge in [-0.1, -0.05) is 13.8 Å². The highest BCUT2D eigenvalue weighted by molar-refractivity contribution is 7.18. The van der Waals surface area contributed by atoms with Crippen molar-refractivity contribution < 1.29 is 4.79 Å². The molecule has 1 rings (SSSR count). The standard InChI is InChI=1S/C11H16N4OS/c1-3-6(4-2)15-11-7(5-12)8(13)9(17-11)10(14)16/h6,15H,3-4,13H2,1-2H3,(H2,14,16). The molecule has 0 unspecified atom stereocenters. The summed E-state index contributed by atoms with van der Waals surface area (Å²) in [6, 6.07) is 2.27. The maximum absolute atomic E-state index is 11.1. The second-order valence-corrected chi connectivity index (χ2v) is 4.70. The Labute approximate surface area is 104 Å². The predicted molar refractivity (Wildman–Crippen MR) is 70.0 cm³/mol. The summed E-state index contributed by atoms with van der Waals surface area (Å²) in [7, 11) is 0. The number of nitrogen functional groups attached to an aromatic ring is 1. The lowest BCUT2D eigenvalue weighted by Gasteiger charge is -2.14. The van der Waals surface area contributed by atoms with Gasteiger partial charge in [0.15, 0.2) is 0 Å². The molecule has 6 heteroatoms. The molecule has 0 aliphatic heterocycles. The number of nitrogens with zero attached hydrogens (tertiary/aromatic N) is 1. The van der Waals surface area contributed by atoms with E-state index in [0.717, 1.165) is 24.2 Å². The fourth-order valence-corrected chi connectivity index (χ4v) is 2.52. The van der Waals surface area contributed by atoms with Gasteiger partial charge >= 0.3 is 0 Å². The maximum Gasteiger partial charge on any atom is 0.261 e. The number of hydrogen-bond acceptors (Lipinski definition) is 5. The van der Waals surface area contributed by atoms with Gasteiger partial charge in [-0.3, -0.25) is 4.79 Å². The summed E-state index contributed by atoms with van der Waals surface area (Å²) in [5.41, 5.74) is 11.4. The molecule has 1 aromatic heterocycles. The van der Waals surface area contributed by atoms with Crippen molar-refractivity contribution in [2.75, 3.05) is 11.1 Å². The van der Waals surface area contributed by atoms with Crippen LogP contribution in [-0.2, 0) is 0 Å². The van der Waals surface area contributed by atoms with Gasteiger partial charge in [0.05, 0.1) is 5.69 Å². The van der Waals surface area contributed by atoms with Crippen molar-refractivity contribution >= 4 is 27.9 Å². The minimum absolute atomic E-state index is 0.179. The van der Waals surface area contributed by atoms with E-state index in [1.54, 1.807) is 0 Å². The van der Waals surface area contributed by atoms with Gasteiger partial charge in [0.25, 0.3) is 5.91 Å². The Kier molecular flexibility index (Phi) is 4.35. The Morgan fingerprint density at radius 2 is 2.12 bits per heavy atom. The number of carbonyl (C=O) groups is 1. The van der Waals surface area contributed by atoms with Crippen LogP contribution in [0.2, 0.25) is 0 Å². The summed E-state index contributed by atoms with van der Waals surface area (Å²) < 4.78 is 0. The summed E-state index contributed by atoms with van der Waals surface area (Å²) in [4.78, 5) is 11.4. The molecule has 0 aliphatic carbocycles. The Balaban J connectivity index is 3.12. The molecule has 5 N–H and O–H groups in total. The second kappa shape index (κ2) is 5.55. The largest absolute Gasteiger partial charge is 0.396 e. The topological polar surface area (TPSA) is 105 Å². The number of amides is 1. The molecule has 1 aromatic rings. The van der Waals surface area contributed by atoms with Crippen molar-refractivity contribution in [3.05, 3.63) is 10.4 Å². The first-order chi connectivity index (χ1) is 8.04. The third-order valence-electron chi connectivity index (χ3n) is 2.60. The molecule has 0 saturated carbocycles. The number of primary amides is 1. The van der Waals surface area contributed by atoms with E-state index in [1.165, 1.54) is 0 Å². The maximum atomic E-state index is 11.1. The molecule has 0 radical (unpaired) electrons. The van der Waals surface area contributed by atoms with Crippen molar-refractivity contribution in [2.24, 2.45) is 5.73 Å². The van der Waals surface area contributed by atoms with Gasteiger partial charge in [-0.15, -0.1) is 11.3 Å². The van der Waals surface area contributed by atoms with Gasteiger partial charge < -0.3 is 16.8 Å². The molecular formula is C11H16N4OS. The molecule has 0 spiro atoms. The Morgan fingerprint density at radius 3 is 2.53 bits per heavy atom.